The van der Waals surface area contributed by atoms with Crippen molar-refractivity contribution in [1.29, 1.82) is 0 Å². The molecule has 2 rings (SSSR count). The molecule has 0 amide bonds. The number of hydrogen-bond acceptors (Lipinski definition) is 1. The van der Waals surface area contributed by atoms with Crippen molar-refractivity contribution in [3.05, 3.63) is 65.7 Å². The summed E-state index contributed by atoms with van der Waals surface area (Å²) in [7, 11) is 0. The molecule has 0 bridgehead atoms. The molecule has 16 heavy (non-hydrogen) atoms. The van der Waals surface area contributed by atoms with E-state index in [1.54, 1.807) is 12.1 Å². The molecule has 0 fully saturated rings. The number of phenolic OH excluding ortho intramolecular Hbond substituents is 1. The summed E-state index contributed by atoms with van der Waals surface area (Å²) in [5.41, 5.74) is 2.25. The average molecular weight is 220 g/mol. The summed E-state index contributed by atoms with van der Waals surface area (Å²) in [6.45, 7) is 0. The van der Waals surface area contributed by atoms with Crippen LogP contribution in [0.2, 0.25) is 0 Å². The predicted molar refractivity (Wildman–Crippen MR) is 70.6 cm³/mol. The average Bonchev–Trinajstić information content (AvgIpc) is 2.30. The van der Waals surface area contributed by atoms with Crippen LogP contribution in [0, 0.1) is 0 Å². The van der Waals surface area contributed by atoms with Gasteiger partial charge in [0.05, 0.1) is 0 Å². The summed E-state index contributed by atoms with van der Waals surface area (Å²) in [5, 5.41) is 9.12. The van der Waals surface area contributed by atoms with Gasteiger partial charge in [-0.2, -0.15) is 0 Å². The van der Waals surface area contributed by atoms with Gasteiger partial charge in [0, 0.05) is 0 Å². The zero-order valence-corrected chi connectivity index (χ0v) is 8.30. The molecule has 0 aliphatic heterocycles. The van der Waals surface area contributed by atoms with E-state index in [4.69, 9.17) is 5.11 Å². The molecule has 2 heteroatoms. The molecule has 0 saturated carbocycles. The summed E-state index contributed by atoms with van der Waals surface area (Å²) in [4.78, 5) is 0. The third-order valence-corrected chi connectivity index (χ3v) is 2.16. The first kappa shape index (κ1) is 13.0. The minimum absolute atomic E-state index is 0. The van der Waals surface area contributed by atoms with Gasteiger partial charge in [0.2, 0.25) is 0 Å². The molecule has 2 aromatic rings. The topological polar surface area (TPSA) is 20.2 Å². The van der Waals surface area contributed by atoms with E-state index >= 15 is 0 Å². The van der Waals surface area contributed by atoms with Gasteiger partial charge in [-0.3, -0.25) is 0 Å². The van der Waals surface area contributed by atoms with Crippen LogP contribution in [0.1, 0.15) is 11.1 Å². The zero-order valence-electron chi connectivity index (χ0n) is 8.30. The van der Waals surface area contributed by atoms with Crippen LogP contribution in [0.15, 0.2) is 54.6 Å². The maximum atomic E-state index is 9.12. The van der Waals surface area contributed by atoms with Gasteiger partial charge in [0.1, 0.15) is 5.75 Å². The van der Waals surface area contributed by atoms with Crippen LogP contribution in [-0.2, 0) is 0 Å². The van der Waals surface area contributed by atoms with E-state index < -0.39 is 0 Å². The van der Waals surface area contributed by atoms with Crippen molar-refractivity contribution in [2.24, 2.45) is 0 Å². The molecule has 76 valence electrons. The fraction of sp³-hybridized carbons (Fsp3) is 0. The predicted octanol–water partition coefficient (Wildman–Crippen LogP) is 2.91. The molecular weight excluding hydrogens is 207 g/mol. The minimum atomic E-state index is 0. The van der Waals surface area contributed by atoms with E-state index in [0.29, 0.717) is 5.75 Å². The number of rotatable bonds is 2. The Morgan fingerprint density at radius 3 is 1.75 bits per heavy atom. The van der Waals surface area contributed by atoms with Crippen LogP contribution < -0.4 is 0 Å². The van der Waals surface area contributed by atoms with E-state index in [9.17, 15) is 0 Å². The first-order chi connectivity index (χ1) is 7.34. The van der Waals surface area contributed by atoms with Crippen LogP contribution >= 0.6 is 0 Å². The zero-order chi connectivity index (χ0) is 10.5. The normalized spacial score (nSPS) is 10.0. The molecule has 0 spiro atoms. The molecule has 0 aliphatic carbocycles. The second-order valence-corrected chi connectivity index (χ2v) is 3.34. The molecule has 0 atom stereocenters. The van der Waals surface area contributed by atoms with Crippen molar-refractivity contribution in [3.63, 3.8) is 0 Å². The van der Waals surface area contributed by atoms with Crippen LogP contribution in [0.3, 0.4) is 0 Å². The molecule has 0 unspecified atom stereocenters. The Kier molecular flexibility index (Phi) is 5.33. The second kappa shape index (κ2) is 6.54. The van der Waals surface area contributed by atoms with Gasteiger partial charge in [0.15, 0.2) is 0 Å². The maximum absolute atomic E-state index is 9.12. The summed E-state index contributed by atoms with van der Waals surface area (Å²) in [5.74, 6) is 0.298. The Hall–Kier alpha value is -1.02. The molecule has 0 radical (unpaired) electrons. The van der Waals surface area contributed by atoms with E-state index in [-0.39, 0.29) is 29.6 Å². The third kappa shape index (κ3) is 3.86. The fourth-order valence-electron chi connectivity index (χ4n) is 1.34. The van der Waals surface area contributed by atoms with Gasteiger partial charge < -0.3 is 5.11 Å². The molecule has 0 aromatic heterocycles. The third-order valence-electron chi connectivity index (χ3n) is 2.16. The van der Waals surface area contributed by atoms with Crippen molar-refractivity contribution in [2.75, 3.05) is 0 Å². The Morgan fingerprint density at radius 2 is 1.19 bits per heavy atom. The van der Waals surface area contributed by atoms with E-state index in [1.807, 2.05) is 42.5 Å². The number of phenols is 1. The van der Waals surface area contributed by atoms with Crippen molar-refractivity contribution in [1.82, 2.24) is 0 Å². The molecule has 1 nitrogen and oxygen atoms in total. The van der Waals surface area contributed by atoms with Gasteiger partial charge >= 0.3 is 29.6 Å². The molecule has 0 heterocycles. The van der Waals surface area contributed by atoms with E-state index in [0.717, 1.165) is 5.56 Å². The summed E-state index contributed by atoms with van der Waals surface area (Å²) >= 11 is 0. The van der Waals surface area contributed by atoms with Crippen LogP contribution in [0.4, 0.5) is 0 Å². The van der Waals surface area contributed by atoms with Crippen molar-refractivity contribution in [2.45, 2.75) is 0 Å². The number of hydrogen-bond donors (Lipinski definition) is 1. The summed E-state index contributed by atoms with van der Waals surface area (Å²) in [6.07, 6.45) is 4.07. The number of aromatic hydroxyl groups is 1. The van der Waals surface area contributed by atoms with Gasteiger partial charge in [-0.05, 0) is 23.3 Å². The molecule has 1 N–H and O–H groups in total. The summed E-state index contributed by atoms with van der Waals surface area (Å²) < 4.78 is 0. The van der Waals surface area contributed by atoms with Crippen molar-refractivity contribution in [3.8, 4) is 5.75 Å². The van der Waals surface area contributed by atoms with Crippen LogP contribution in [0.25, 0.3) is 12.2 Å². The van der Waals surface area contributed by atoms with Crippen molar-refractivity contribution < 1.29 is 5.11 Å². The van der Waals surface area contributed by atoms with Gasteiger partial charge in [-0.25, -0.2) is 0 Å². The quantitative estimate of drug-likeness (QED) is 0.609. The Bertz CT molecular complexity index is 446. The standard InChI is InChI=1S/C14H12O.Na.H/c15-14-10-8-13(9-11-14)7-6-12-4-2-1-3-5-12;;/h1-11,15H;;. The van der Waals surface area contributed by atoms with E-state index in [1.165, 1.54) is 5.56 Å². The number of benzene rings is 2. The second-order valence-electron chi connectivity index (χ2n) is 3.34. The SMILES string of the molecule is Oc1ccc(C=Cc2ccccc2)cc1.[NaH]. The fourth-order valence-corrected chi connectivity index (χ4v) is 1.34. The first-order valence-corrected chi connectivity index (χ1v) is 4.87. The van der Waals surface area contributed by atoms with E-state index in [2.05, 4.69) is 12.1 Å². The van der Waals surface area contributed by atoms with Crippen LogP contribution in [0.5, 0.6) is 5.75 Å². The van der Waals surface area contributed by atoms with Crippen molar-refractivity contribution >= 4 is 41.7 Å². The van der Waals surface area contributed by atoms with Crippen LogP contribution in [-0.4, -0.2) is 34.7 Å². The molecular formula is C14H13NaO. The Balaban J connectivity index is 0.00000128. The Labute approximate surface area is 118 Å². The van der Waals surface area contributed by atoms with Gasteiger partial charge in [-0.15, -0.1) is 0 Å². The molecule has 0 aliphatic rings. The molecule has 0 saturated heterocycles. The van der Waals surface area contributed by atoms with Gasteiger partial charge in [0.25, 0.3) is 0 Å². The first-order valence-electron chi connectivity index (χ1n) is 4.87. The van der Waals surface area contributed by atoms with Gasteiger partial charge in [-0.1, -0.05) is 54.6 Å². The molecule has 2 aromatic carbocycles. The Morgan fingerprint density at radius 1 is 0.688 bits per heavy atom. The summed E-state index contributed by atoms with van der Waals surface area (Å²) in [6, 6.07) is 17.3. The monoisotopic (exact) mass is 220 g/mol.